The third-order valence-electron chi connectivity index (χ3n) is 4.46. The molecule has 0 bridgehead atoms. The SMILES string of the molecule is COc1ccc(/C=C\c2nn3c(-c4cc(OC)c(OC)c(OC)c4)nnc3s2)cc1. The number of fused-ring (bicyclic) bond motifs is 1. The smallest absolute Gasteiger partial charge is 0.235 e. The van der Waals surface area contributed by atoms with E-state index in [-0.39, 0.29) is 0 Å². The summed E-state index contributed by atoms with van der Waals surface area (Å²) in [5.74, 6) is 3.01. The summed E-state index contributed by atoms with van der Waals surface area (Å²) < 4.78 is 23.2. The largest absolute Gasteiger partial charge is 0.497 e. The van der Waals surface area contributed by atoms with Crippen LogP contribution in [0.5, 0.6) is 23.0 Å². The molecule has 0 radical (unpaired) electrons. The minimum absolute atomic E-state index is 0.519. The van der Waals surface area contributed by atoms with Crippen molar-refractivity contribution in [2.45, 2.75) is 0 Å². The number of hydrogen-bond acceptors (Lipinski definition) is 8. The number of hydrogen-bond donors (Lipinski definition) is 0. The topological polar surface area (TPSA) is 80.0 Å². The lowest BCUT2D eigenvalue weighted by molar-refractivity contribution is 0.324. The standard InChI is InChI=1S/C21H20N4O4S/c1-26-15-8-5-13(6-9-15)7-10-18-24-25-20(22-23-21(25)30-18)14-11-16(27-2)19(29-4)17(12-14)28-3/h5-12H,1-4H3/b10-7-. The molecule has 0 saturated carbocycles. The lowest BCUT2D eigenvalue weighted by atomic mass is 10.1. The van der Waals surface area contributed by atoms with E-state index in [0.717, 1.165) is 21.9 Å². The Morgan fingerprint density at radius 2 is 1.53 bits per heavy atom. The van der Waals surface area contributed by atoms with Crippen molar-refractivity contribution in [1.82, 2.24) is 19.8 Å². The van der Waals surface area contributed by atoms with Crippen LogP contribution in [0.25, 0.3) is 28.5 Å². The van der Waals surface area contributed by atoms with E-state index in [1.165, 1.54) is 11.3 Å². The Morgan fingerprint density at radius 1 is 0.833 bits per heavy atom. The van der Waals surface area contributed by atoms with Crippen LogP contribution < -0.4 is 18.9 Å². The molecule has 154 valence electrons. The molecule has 0 aliphatic rings. The molecule has 30 heavy (non-hydrogen) atoms. The van der Waals surface area contributed by atoms with Crippen molar-refractivity contribution in [3.63, 3.8) is 0 Å². The summed E-state index contributed by atoms with van der Waals surface area (Å²) in [5, 5.41) is 14.0. The first-order valence-electron chi connectivity index (χ1n) is 9.01. The second-order valence-electron chi connectivity index (χ2n) is 6.18. The second kappa shape index (κ2) is 8.42. The van der Waals surface area contributed by atoms with Gasteiger partial charge in [-0.3, -0.25) is 0 Å². The van der Waals surface area contributed by atoms with Crippen LogP contribution >= 0.6 is 11.3 Å². The number of rotatable bonds is 7. The van der Waals surface area contributed by atoms with Gasteiger partial charge in [-0.2, -0.15) is 9.61 Å². The molecule has 4 rings (SSSR count). The van der Waals surface area contributed by atoms with Gasteiger partial charge >= 0.3 is 0 Å². The Hall–Kier alpha value is -3.59. The average molecular weight is 424 g/mol. The Kier molecular flexibility index (Phi) is 5.53. The molecule has 0 N–H and O–H groups in total. The van der Waals surface area contributed by atoms with Crippen molar-refractivity contribution in [2.75, 3.05) is 28.4 Å². The monoisotopic (exact) mass is 424 g/mol. The van der Waals surface area contributed by atoms with E-state index in [1.807, 2.05) is 48.6 Å². The predicted octanol–water partition coefficient (Wildman–Crippen LogP) is 4.06. The maximum atomic E-state index is 5.44. The fourth-order valence-corrected chi connectivity index (χ4v) is 3.71. The molecule has 0 saturated heterocycles. The fourth-order valence-electron chi connectivity index (χ4n) is 2.97. The van der Waals surface area contributed by atoms with E-state index in [2.05, 4.69) is 15.3 Å². The van der Waals surface area contributed by atoms with Crippen LogP contribution in [0.4, 0.5) is 0 Å². The molecule has 0 amide bonds. The zero-order valence-electron chi connectivity index (χ0n) is 16.9. The summed E-state index contributed by atoms with van der Waals surface area (Å²) in [6.45, 7) is 0. The molecule has 0 atom stereocenters. The van der Waals surface area contributed by atoms with E-state index < -0.39 is 0 Å². The quantitative estimate of drug-likeness (QED) is 0.443. The summed E-state index contributed by atoms with van der Waals surface area (Å²) >= 11 is 1.45. The predicted molar refractivity (Wildman–Crippen MR) is 116 cm³/mol. The van der Waals surface area contributed by atoms with Crippen molar-refractivity contribution in [1.29, 1.82) is 0 Å². The third kappa shape index (κ3) is 3.67. The molecule has 0 aliphatic heterocycles. The van der Waals surface area contributed by atoms with Crippen LogP contribution in [0.3, 0.4) is 0 Å². The third-order valence-corrected chi connectivity index (χ3v) is 5.33. The normalized spacial score (nSPS) is 11.2. The van der Waals surface area contributed by atoms with Crippen LogP contribution in [0.15, 0.2) is 36.4 Å². The van der Waals surface area contributed by atoms with Crippen molar-refractivity contribution in [3.05, 3.63) is 47.0 Å². The molecular weight excluding hydrogens is 404 g/mol. The molecule has 8 nitrogen and oxygen atoms in total. The van der Waals surface area contributed by atoms with E-state index >= 15 is 0 Å². The Balaban J connectivity index is 1.68. The molecule has 4 aromatic rings. The molecule has 2 heterocycles. The van der Waals surface area contributed by atoms with Crippen LogP contribution in [-0.2, 0) is 0 Å². The highest BCUT2D eigenvalue weighted by molar-refractivity contribution is 7.17. The maximum absolute atomic E-state index is 5.44. The van der Waals surface area contributed by atoms with Crippen LogP contribution in [0, 0.1) is 0 Å². The van der Waals surface area contributed by atoms with Gasteiger partial charge in [0.05, 0.1) is 28.4 Å². The van der Waals surface area contributed by atoms with Crippen molar-refractivity contribution in [2.24, 2.45) is 0 Å². The number of nitrogens with zero attached hydrogens (tertiary/aromatic N) is 4. The fraction of sp³-hybridized carbons (Fsp3) is 0.190. The Bertz CT molecular complexity index is 1170. The molecule has 0 unspecified atom stereocenters. The second-order valence-corrected chi connectivity index (χ2v) is 7.17. The van der Waals surface area contributed by atoms with Gasteiger partial charge in [0.15, 0.2) is 17.3 Å². The van der Waals surface area contributed by atoms with E-state index in [9.17, 15) is 0 Å². The van der Waals surface area contributed by atoms with Gasteiger partial charge in [-0.1, -0.05) is 29.5 Å². The van der Waals surface area contributed by atoms with Gasteiger partial charge in [-0.15, -0.1) is 10.2 Å². The van der Waals surface area contributed by atoms with Gasteiger partial charge in [0.1, 0.15) is 10.8 Å². The molecule has 0 fully saturated rings. The van der Waals surface area contributed by atoms with Gasteiger partial charge in [-0.25, -0.2) is 0 Å². The number of ether oxygens (including phenoxy) is 4. The molecule has 9 heteroatoms. The summed E-state index contributed by atoms with van der Waals surface area (Å²) in [5.41, 5.74) is 1.81. The van der Waals surface area contributed by atoms with Crippen molar-refractivity contribution < 1.29 is 18.9 Å². The molecular formula is C21H20N4O4S. The van der Waals surface area contributed by atoms with Crippen LogP contribution in [-0.4, -0.2) is 48.3 Å². The summed E-state index contributed by atoms with van der Waals surface area (Å²) in [7, 11) is 6.36. The first-order chi connectivity index (χ1) is 14.7. The van der Waals surface area contributed by atoms with Gasteiger partial charge in [0, 0.05) is 5.56 Å². The van der Waals surface area contributed by atoms with Crippen LogP contribution in [0.1, 0.15) is 10.6 Å². The minimum Gasteiger partial charge on any atom is -0.497 e. The highest BCUT2D eigenvalue weighted by atomic mass is 32.1. The molecule has 2 aromatic carbocycles. The average Bonchev–Trinajstić information content (AvgIpc) is 3.37. The molecule has 2 aromatic heterocycles. The lowest BCUT2D eigenvalue weighted by Gasteiger charge is -2.13. The van der Waals surface area contributed by atoms with E-state index in [0.29, 0.717) is 28.0 Å². The number of methoxy groups -OCH3 is 4. The van der Waals surface area contributed by atoms with Gasteiger partial charge in [-0.05, 0) is 35.9 Å². The summed E-state index contributed by atoms with van der Waals surface area (Å²) in [6.07, 6.45) is 3.93. The first-order valence-corrected chi connectivity index (χ1v) is 9.83. The number of benzene rings is 2. The maximum Gasteiger partial charge on any atom is 0.235 e. The van der Waals surface area contributed by atoms with Crippen molar-refractivity contribution in [3.8, 4) is 34.4 Å². The van der Waals surface area contributed by atoms with Gasteiger partial charge in [0.2, 0.25) is 10.7 Å². The van der Waals surface area contributed by atoms with Crippen molar-refractivity contribution >= 4 is 28.4 Å². The van der Waals surface area contributed by atoms with Crippen LogP contribution in [0.2, 0.25) is 0 Å². The molecule has 0 aliphatic carbocycles. The Labute approximate surface area is 177 Å². The van der Waals surface area contributed by atoms with E-state index in [1.54, 1.807) is 33.0 Å². The Morgan fingerprint density at radius 3 is 2.13 bits per heavy atom. The first kappa shape index (κ1) is 19.7. The minimum atomic E-state index is 0.519. The highest BCUT2D eigenvalue weighted by Gasteiger charge is 2.18. The van der Waals surface area contributed by atoms with Gasteiger partial charge < -0.3 is 18.9 Å². The summed E-state index contributed by atoms with van der Waals surface area (Å²) in [4.78, 5) is 0.688. The van der Waals surface area contributed by atoms with E-state index in [4.69, 9.17) is 18.9 Å². The zero-order valence-corrected chi connectivity index (χ0v) is 17.8. The molecule has 0 spiro atoms. The lowest BCUT2D eigenvalue weighted by Crippen LogP contribution is -1.97. The van der Waals surface area contributed by atoms with Gasteiger partial charge in [0.25, 0.3) is 0 Å². The number of aromatic nitrogens is 4. The summed E-state index contributed by atoms with van der Waals surface area (Å²) in [6, 6.07) is 11.4. The highest BCUT2D eigenvalue weighted by Crippen LogP contribution is 2.41. The zero-order chi connectivity index (χ0) is 21.1.